The molecule has 2 bridgehead atoms. The summed E-state index contributed by atoms with van der Waals surface area (Å²) in [5, 5.41) is 2.81. The summed E-state index contributed by atoms with van der Waals surface area (Å²) < 4.78 is 11.3. The molecule has 1 N–H and O–H groups in total. The van der Waals surface area contributed by atoms with E-state index in [1.807, 2.05) is 25.1 Å². The van der Waals surface area contributed by atoms with E-state index in [2.05, 4.69) is 5.32 Å². The number of benzene rings is 1. The second-order valence-electron chi connectivity index (χ2n) is 5.60. The van der Waals surface area contributed by atoms with Crippen molar-refractivity contribution < 1.29 is 19.1 Å². The van der Waals surface area contributed by atoms with Gasteiger partial charge in [0.05, 0.1) is 7.11 Å². The Bertz CT molecular complexity index is 598. The summed E-state index contributed by atoms with van der Waals surface area (Å²) in [6.07, 6.45) is 0.586. The van der Waals surface area contributed by atoms with Crippen molar-refractivity contribution in [2.45, 2.75) is 31.9 Å². The zero-order chi connectivity index (χ0) is 14.5. The van der Waals surface area contributed by atoms with Crippen molar-refractivity contribution in [1.82, 2.24) is 5.32 Å². The average molecular weight is 275 g/mol. The average Bonchev–Trinajstić information content (AvgIpc) is 2.36. The number of hydrogen-bond donors (Lipinski definition) is 1. The number of carbonyl (C=O) groups is 2. The summed E-state index contributed by atoms with van der Waals surface area (Å²) in [7, 11) is 1.58. The van der Waals surface area contributed by atoms with Crippen LogP contribution in [0.25, 0.3) is 0 Å². The number of methoxy groups -OCH3 is 1. The van der Waals surface area contributed by atoms with E-state index in [9.17, 15) is 9.59 Å². The molecule has 20 heavy (non-hydrogen) atoms. The van der Waals surface area contributed by atoms with Crippen LogP contribution in [0.1, 0.15) is 31.7 Å². The summed E-state index contributed by atoms with van der Waals surface area (Å²) in [5.74, 6) is 0.0507. The summed E-state index contributed by atoms with van der Waals surface area (Å²) >= 11 is 0. The molecule has 1 saturated heterocycles. The van der Waals surface area contributed by atoms with Crippen LogP contribution >= 0.6 is 0 Å². The Morgan fingerprint density at radius 3 is 2.90 bits per heavy atom. The maximum absolute atomic E-state index is 12.2. The smallest absolute Gasteiger partial charge is 0.234 e. The van der Waals surface area contributed by atoms with Crippen LogP contribution in [0.3, 0.4) is 0 Å². The van der Waals surface area contributed by atoms with E-state index in [4.69, 9.17) is 9.47 Å². The third-order valence-electron chi connectivity index (χ3n) is 4.08. The molecule has 1 amide bonds. The monoisotopic (exact) mass is 275 g/mol. The van der Waals surface area contributed by atoms with Crippen LogP contribution in [0.4, 0.5) is 0 Å². The minimum Gasteiger partial charge on any atom is -0.493 e. The Morgan fingerprint density at radius 1 is 1.50 bits per heavy atom. The van der Waals surface area contributed by atoms with Crippen molar-refractivity contribution >= 4 is 11.7 Å². The van der Waals surface area contributed by atoms with Crippen LogP contribution in [0, 0.1) is 5.92 Å². The number of para-hydroxylation sites is 1. The van der Waals surface area contributed by atoms with Gasteiger partial charge in [0.15, 0.2) is 17.2 Å². The number of ketones is 1. The molecule has 1 aromatic carbocycles. The maximum Gasteiger partial charge on any atom is 0.234 e. The van der Waals surface area contributed by atoms with Gasteiger partial charge in [-0.2, -0.15) is 0 Å². The molecule has 0 aromatic heterocycles. The second kappa shape index (κ2) is 4.23. The largest absolute Gasteiger partial charge is 0.493 e. The molecule has 2 heterocycles. The fraction of sp³-hybridized carbons (Fsp3) is 0.467. The predicted molar refractivity (Wildman–Crippen MR) is 71.7 cm³/mol. The van der Waals surface area contributed by atoms with Gasteiger partial charge < -0.3 is 14.8 Å². The van der Waals surface area contributed by atoms with Gasteiger partial charge in [-0.1, -0.05) is 12.1 Å². The number of fused-ring (bicyclic) bond motifs is 4. The second-order valence-corrected chi connectivity index (χ2v) is 5.60. The molecule has 0 aliphatic carbocycles. The molecule has 0 radical (unpaired) electrons. The lowest BCUT2D eigenvalue weighted by Crippen LogP contribution is -2.61. The molecule has 5 heteroatoms. The lowest BCUT2D eigenvalue weighted by molar-refractivity contribution is -0.145. The number of piperidine rings is 1. The van der Waals surface area contributed by atoms with E-state index in [1.165, 1.54) is 6.92 Å². The molecule has 3 atom stereocenters. The molecule has 1 aromatic rings. The fourth-order valence-electron chi connectivity index (χ4n) is 3.25. The molecular formula is C15H17NO4. The number of hydrogen-bond acceptors (Lipinski definition) is 4. The first-order chi connectivity index (χ1) is 9.45. The van der Waals surface area contributed by atoms with Crippen molar-refractivity contribution in [1.29, 1.82) is 0 Å². The lowest BCUT2D eigenvalue weighted by atomic mass is 9.73. The SMILES string of the molecule is COc1cccc2c1O[C@@]1(C)C[C@@H]2C(C(C)=O)C(=O)N1. The van der Waals surface area contributed by atoms with Crippen LogP contribution < -0.4 is 14.8 Å². The normalized spacial score (nSPS) is 30.9. The van der Waals surface area contributed by atoms with Crippen LogP contribution in [0.15, 0.2) is 18.2 Å². The Labute approximate surface area is 117 Å². The van der Waals surface area contributed by atoms with E-state index in [1.54, 1.807) is 7.11 Å². The Balaban J connectivity index is 2.17. The van der Waals surface area contributed by atoms with Crippen molar-refractivity contribution in [2.24, 2.45) is 5.92 Å². The third-order valence-corrected chi connectivity index (χ3v) is 4.08. The zero-order valence-corrected chi connectivity index (χ0v) is 11.7. The highest BCUT2D eigenvalue weighted by Gasteiger charge is 2.51. The number of amides is 1. The molecule has 0 spiro atoms. The lowest BCUT2D eigenvalue weighted by Gasteiger charge is -2.46. The molecule has 1 fully saturated rings. The molecule has 2 aliphatic heterocycles. The summed E-state index contributed by atoms with van der Waals surface area (Å²) in [5.41, 5.74) is 0.0897. The van der Waals surface area contributed by atoms with Gasteiger partial charge in [-0.3, -0.25) is 9.59 Å². The van der Waals surface area contributed by atoms with Crippen LogP contribution in [-0.4, -0.2) is 24.5 Å². The number of rotatable bonds is 2. The van der Waals surface area contributed by atoms with Crippen LogP contribution in [0.5, 0.6) is 11.5 Å². The van der Waals surface area contributed by atoms with Gasteiger partial charge in [0.2, 0.25) is 5.91 Å². The molecule has 106 valence electrons. The summed E-state index contributed by atoms with van der Waals surface area (Å²) in [6, 6.07) is 5.57. The topological polar surface area (TPSA) is 64.6 Å². The van der Waals surface area contributed by atoms with Crippen molar-refractivity contribution in [3.05, 3.63) is 23.8 Å². The van der Waals surface area contributed by atoms with Gasteiger partial charge in [-0.15, -0.1) is 0 Å². The third kappa shape index (κ3) is 1.77. The number of nitrogens with one attached hydrogen (secondary N) is 1. The highest BCUT2D eigenvalue weighted by Crippen LogP contribution is 2.50. The Morgan fingerprint density at radius 2 is 2.25 bits per heavy atom. The first-order valence-corrected chi connectivity index (χ1v) is 6.63. The minimum atomic E-state index is -0.782. The Hall–Kier alpha value is -2.04. The number of carbonyl (C=O) groups excluding carboxylic acids is 2. The summed E-state index contributed by atoms with van der Waals surface area (Å²) in [4.78, 5) is 24.0. The van der Waals surface area contributed by atoms with Crippen molar-refractivity contribution in [3.63, 3.8) is 0 Å². The molecule has 0 saturated carbocycles. The number of ether oxygens (including phenoxy) is 2. The van der Waals surface area contributed by atoms with Crippen LogP contribution in [-0.2, 0) is 9.59 Å². The molecule has 5 nitrogen and oxygen atoms in total. The van der Waals surface area contributed by atoms with Crippen molar-refractivity contribution in [2.75, 3.05) is 7.11 Å². The highest BCUT2D eigenvalue weighted by molar-refractivity contribution is 6.02. The molecule has 1 unspecified atom stereocenters. The van der Waals surface area contributed by atoms with Gasteiger partial charge in [-0.05, 0) is 19.9 Å². The van der Waals surface area contributed by atoms with E-state index >= 15 is 0 Å². The highest BCUT2D eigenvalue weighted by atomic mass is 16.5. The van der Waals surface area contributed by atoms with Gasteiger partial charge in [0, 0.05) is 17.9 Å². The fourth-order valence-corrected chi connectivity index (χ4v) is 3.25. The Kier molecular flexibility index (Phi) is 2.74. The van der Waals surface area contributed by atoms with Crippen molar-refractivity contribution in [3.8, 4) is 11.5 Å². The van der Waals surface area contributed by atoms with Gasteiger partial charge in [0.1, 0.15) is 11.7 Å². The minimum absolute atomic E-state index is 0.120. The first kappa shape index (κ1) is 13.0. The first-order valence-electron chi connectivity index (χ1n) is 6.63. The van der Waals surface area contributed by atoms with Crippen LogP contribution in [0.2, 0.25) is 0 Å². The van der Waals surface area contributed by atoms with E-state index < -0.39 is 11.6 Å². The molecule has 3 rings (SSSR count). The summed E-state index contributed by atoms with van der Waals surface area (Å²) in [6.45, 7) is 3.28. The quantitative estimate of drug-likeness (QED) is 0.833. The number of Topliss-reactive ketones (excluding diaryl/α,β-unsaturated/α-hetero) is 1. The zero-order valence-electron chi connectivity index (χ0n) is 11.7. The maximum atomic E-state index is 12.2. The van der Waals surface area contributed by atoms with E-state index in [0.29, 0.717) is 17.9 Å². The van der Waals surface area contributed by atoms with E-state index in [-0.39, 0.29) is 17.6 Å². The standard InChI is InChI=1S/C15H17NO4/c1-8(17)12-10-7-15(2,16-14(12)18)20-13-9(10)5-4-6-11(13)19-3/h4-6,10,12H,7H2,1-3H3,(H,16,18)/t10-,12?,15-/m0/s1. The molecule has 2 aliphatic rings. The van der Waals surface area contributed by atoms with E-state index in [0.717, 1.165) is 5.56 Å². The molecular weight excluding hydrogens is 258 g/mol. The van der Waals surface area contributed by atoms with Gasteiger partial charge in [0.25, 0.3) is 0 Å². The van der Waals surface area contributed by atoms with Gasteiger partial charge in [-0.25, -0.2) is 0 Å². The van der Waals surface area contributed by atoms with Gasteiger partial charge >= 0.3 is 0 Å². The predicted octanol–water partition coefficient (Wildman–Crippen LogP) is 1.61.